The lowest BCUT2D eigenvalue weighted by atomic mass is 10.1. The average molecular weight is 347 g/mol. The fourth-order valence-electron chi connectivity index (χ4n) is 2.75. The van der Waals surface area contributed by atoms with E-state index in [-0.39, 0.29) is 24.1 Å². The Kier molecular flexibility index (Phi) is 4.81. The first kappa shape index (κ1) is 16.5. The fourth-order valence-corrected chi connectivity index (χ4v) is 2.95. The van der Waals surface area contributed by atoms with E-state index in [9.17, 15) is 14.0 Å². The van der Waals surface area contributed by atoms with Crippen molar-refractivity contribution < 1.29 is 14.0 Å². The monoisotopic (exact) mass is 346 g/mol. The molecule has 1 aliphatic rings. The Morgan fingerprint density at radius 2 is 1.92 bits per heavy atom. The van der Waals surface area contributed by atoms with Gasteiger partial charge in [0.2, 0.25) is 11.8 Å². The molecule has 1 N–H and O–H groups in total. The Hall–Kier alpha value is -2.40. The third kappa shape index (κ3) is 3.57. The number of anilines is 1. The molecule has 3 rings (SSSR count). The molecule has 1 atom stereocenters. The van der Waals surface area contributed by atoms with E-state index in [1.807, 2.05) is 6.07 Å². The van der Waals surface area contributed by atoms with Crippen molar-refractivity contribution in [3.8, 4) is 0 Å². The number of rotatable bonds is 4. The summed E-state index contributed by atoms with van der Waals surface area (Å²) in [4.78, 5) is 26.2. The van der Waals surface area contributed by atoms with E-state index in [2.05, 4.69) is 5.32 Å². The lowest BCUT2D eigenvalue weighted by molar-refractivity contribution is -0.126. The second-order valence-electron chi connectivity index (χ2n) is 5.64. The predicted octanol–water partition coefficient (Wildman–Crippen LogP) is 2.94. The van der Waals surface area contributed by atoms with E-state index in [4.69, 9.17) is 11.6 Å². The molecule has 1 fully saturated rings. The molecule has 1 heterocycles. The summed E-state index contributed by atoms with van der Waals surface area (Å²) < 4.78 is 13.0. The van der Waals surface area contributed by atoms with Gasteiger partial charge in [-0.3, -0.25) is 9.59 Å². The Labute approximate surface area is 144 Å². The SMILES string of the molecule is O=C(Cc1ccccc1Cl)NC1CCN(c2ccc(F)cc2)C1=O. The third-order valence-electron chi connectivity index (χ3n) is 3.99. The van der Waals surface area contributed by atoms with Gasteiger partial charge in [-0.15, -0.1) is 0 Å². The molecule has 0 aliphatic carbocycles. The van der Waals surface area contributed by atoms with Crippen LogP contribution in [0.2, 0.25) is 5.02 Å². The molecule has 0 aromatic heterocycles. The van der Waals surface area contributed by atoms with Gasteiger partial charge in [0.25, 0.3) is 0 Å². The van der Waals surface area contributed by atoms with Crippen LogP contribution >= 0.6 is 11.6 Å². The number of nitrogens with one attached hydrogen (secondary N) is 1. The number of amides is 2. The average Bonchev–Trinajstić information content (AvgIpc) is 2.91. The van der Waals surface area contributed by atoms with Crippen molar-refractivity contribution in [2.24, 2.45) is 0 Å². The molecule has 0 bridgehead atoms. The van der Waals surface area contributed by atoms with Crippen LogP contribution in [0.15, 0.2) is 48.5 Å². The van der Waals surface area contributed by atoms with Gasteiger partial charge in [0.1, 0.15) is 11.9 Å². The zero-order valence-electron chi connectivity index (χ0n) is 12.8. The molecule has 0 spiro atoms. The number of hydrogen-bond acceptors (Lipinski definition) is 2. The minimum absolute atomic E-state index is 0.125. The van der Waals surface area contributed by atoms with Crippen LogP contribution in [0.5, 0.6) is 0 Å². The zero-order chi connectivity index (χ0) is 17.1. The van der Waals surface area contributed by atoms with Gasteiger partial charge in [-0.2, -0.15) is 0 Å². The molecule has 24 heavy (non-hydrogen) atoms. The van der Waals surface area contributed by atoms with Crippen LogP contribution in [-0.2, 0) is 16.0 Å². The highest BCUT2D eigenvalue weighted by Gasteiger charge is 2.33. The van der Waals surface area contributed by atoms with Crippen LogP contribution in [0.1, 0.15) is 12.0 Å². The molecule has 0 radical (unpaired) electrons. The number of benzene rings is 2. The van der Waals surface area contributed by atoms with E-state index in [1.165, 1.54) is 12.1 Å². The lowest BCUT2D eigenvalue weighted by Gasteiger charge is -2.17. The maximum absolute atomic E-state index is 13.0. The minimum Gasteiger partial charge on any atom is -0.344 e. The Bertz CT molecular complexity index is 764. The molecule has 2 amide bonds. The van der Waals surface area contributed by atoms with Crippen molar-refractivity contribution in [3.05, 3.63) is 64.9 Å². The summed E-state index contributed by atoms with van der Waals surface area (Å²) in [6, 6.07) is 12.3. The molecule has 1 saturated heterocycles. The van der Waals surface area contributed by atoms with Crippen LogP contribution in [0, 0.1) is 5.82 Å². The van der Waals surface area contributed by atoms with Gasteiger partial charge in [0.15, 0.2) is 0 Å². The maximum Gasteiger partial charge on any atom is 0.249 e. The van der Waals surface area contributed by atoms with Gasteiger partial charge in [0.05, 0.1) is 6.42 Å². The normalized spacial score (nSPS) is 17.2. The Balaban J connectivity index is 1.62. The summed E-state index contributed by atoms with van der Waals surface area (Å²) in [5.41, 5.74) is 1.35. The number of hydrogen-bond donors (Lipinski definition) is 1. The van der Waals surface area contributed by atoms with Crippen molar-refractivity contribution in [3.63, 3.8) is 0 Å². The van der Waals surface area contributed by atoms with Gasteiger partial charge in [0, 0.05) is 17.3 Å². The standard InChI is InChI=1S/C18H16ClFN2O2/c19-15-4-2-1-3-12(15)11-17(23)21-16-9-10-22(18(16)24)14-7-5-13(20)6-8-14/h1-8,16H,9-11H2,(H,21,23). The van der Waals surface area contributed by atoms with Gasteiger partial charge in [-0.1, -0.05) is 29.8 Å². The van der Waals surface area contributed by atoms with Crippen molar-refractivity contribution >= 4 is 29.1 Å². The first-order valence-electron chi connectivity index (χ1n) is 7.64. The molecule has 2 aromatic rings. The minimum atomic E-state index is -0.565. The highest BCUT2D eigenvalue weighted by molar-refractivity contribution is 6.31. The zero-order valence-corrected chi connectivity index (χ0v) is 13.6. The molecule has 124 valence electrons. The highest BCUT2D eigenvalue weighted by Crippen LogP contribution is 2.22. The van der Waals surface area contributed by atoms with E-state index < -0.39 is 6.04 Å². The summed E-state index contributed by atoms with van der Waals surface area (Å²) >= 11 is 6.04. The van der Waals surface area contributed by atoms with E-state index in [1.54, 1.807) is 35.2 Å². The third-order valence-corrected chi connectivity index (χ3v) is 4.36. The fraction of sp³-hybridized carbons (Fsp3) is 0.222. The van der Waals surface area contributed by atoms with E-state index in [0.29, 0.717) is 23.7 Å². The van der Waals surface area contributed by atoms with Crippen molar-refractivity contribution in [1.82, 2.24) is 5.32 Å². The van der Waals surface area contributed by atoms with Crippen LogP contribution in [0.4, 0.5) is 10.1 Å². The van der Waals surface area contributed by atoms with Gasteiger partial charge >= 0.3 is 0 Å². The van der Waals surface area contributed by atoms with Crippen LogP contribution in [0.25, 0.3) is 0 Å². The van der Waals surface area contributed by atoms with Crippen LogP contribution in [-0.4, -0.2) is 24.4 Å². The molecule has 0 saturated carbocycles. The number of carbonyl (C=O) groups is 2. The number of halogens is 2. The van der Waals surface area contributed by atoms with Gasteiger partial charge in [-0.25, -0.2) is 4.39 Å². The van der Waals surface area contributed by atoms with E-state index in [0.717, 1.165) is 5.56 Å². The topological polar surface area (TPSA) is 49.4 Å². The highest BCUT2D eigenvalue weighted by atomic mass is 35.5. The van der Waals surface area contributed by atoms with Crippen LogP contribution in [0.3, 0.4) is 0 Å². The van der Waals surface area contributed by atoms with Crippen molar-refractivity contribution in [2.45, 2.75) is 18.9 Å². The first-order valence-corrected chi connectivity index (χ1v) is 8.02. The number of carbonyl (C=O) groups excluding carboxylic acids is 2. The quantitative estimate of drug-likeness (QED) is 0.925. The lowest BCUT2D eigenvalue weighted by Crippen LogP contribution is -2.42. The summed E-state index contributed by atoms with van der Waals surface area (Å²) in [5.74, 6) is -0.786. The van der Waals surface area contributed by atoms with E-state index >= 15 is 0 Å². The summed E-state index contributed by atoms with van der Waals surface area (Å²) in [6.45, 7) is 0.488. The smallest absolute Gasteiger partial charge is 0.249 e. The van der Waals surface area contributed by atoms with Crippen molar-refractivity contribution in [1.29, 1.82) is 0 Å². The molecular weight excluding hydrogens is 331 g/mol. The molecule has 2 aromatic carbocycles. The summed E-state index contributed by atoms with van der Waals surface area (Å²) in [7, 11) is 0. The Morgan fingerprint density at radius 3 is 2.62 bits per heavy atom. The molecule has 4 nitrogen and oxygen atoms in total. The predicted molar refractivity (Wildman–Crippen MR) is 90.5 cm³/mol. The molecular formula is C18H16ClFN2O2. The Morgan fingerprint density at radius 1 is 1.21 bits per heavy atom. The van der Waals surface area contributed by atoms with Crippen molar-refractivity contribution in [2.75, 3.05) is 11.4 Å². The largest absolute Gasteiger partial charge is 0.344 e. The second kappa shape index (κ2) is 7.01. The first-order chi connectivity index (χ1) is 11.5. The van der Waals surface area contributed by atoms with Gasteiger partial charge < -0.3 is 10.2 Å². The maximum atomic E-state index is 13.0. The second-order valence-corrected chi connectivity index (χ2v) is 6.05. The molecule has 1 aliphatic heterocycles. The molecule has 1 unspecified atom stereocenters. The summed E-state index contributed by atoms with van der Waals surface area (Å²) in [6.07, 6.45) is 0.643. The number of nitrogens with zero attached hydrogens (tertiary/aromatic N) is 1. The molecule has 6 heteroatoms. The van der Waals surface area contributed by atoms with Gasteiger partial charge in [-0.05, 0) is 42.3 Å². The van der Waals surface area contributed by atoms with Crippen LogP contribution < -0.4 is 10.2 Å². The summed E-state index contributed by atoms with van der Waals surface area (Å²) in [5, 5.41) is 3.28.